The average Bonchev–Trinajstić information content (AvgIpc) is 2.89. The average molecular weight is 283 g/mol. The zero-order valence-corrected chi connectivity index (χ0v) is 12.4. The molecular weight excluding hydrogens is 258 g/mol. The number of nitrogens with zero attached hydrogens (tertiary/aromatic N) is 1. The van der Waals surface area contributed by atoms with E-state index in [1.54, 1.807) is 0 Å². The number of carbonyl (C=O) groups is 2. The number of rotatable bonds is 3. The van der Waals surface area contributed by atoms with E-state index in [4.69, 9.17) is 0 Å². The number of amides is 2. The Morgan fingerprint density at radius 3 is 2.90 bits per heavy atom. The van der Waals surface area contributed by atoms with Gasteiger partial charge in [0, 0.05) is 25.6 Å². The van der Waals surface area contributed by atoms with Gasteiger partial charge in [-0.05, 0) is 31.7 Å². The first-order valence-corrected chi connectivity index (χ1v) is 7.45. The Balaban J connectivity index is 1.77. The quantitative estimate of drug-likeness (QED) is 0.801. The summed E-state index contributed by atoms with van der Waals surface area (Å²) >= 11 is 0. The van der Waals surface area contributed by atoms with Crippen molar-refractivity contribution in [3.8, 4) is 0 Å². The molecule has 2 rings (SSSR count). The maximum Gasteiger partial charge on any atom is 0.407 e. The second-order valence-electron chi connectivity index (χ2n) is 5.85. The molecule has 114 valence electrons. The molecule has 2 aliphatic rings. The van der Waals surface area contributed by atoms with Gasteiger partial charge < -0.3 is 20.3 Å². The van der Waals surface area contributed by atoms with Crippen LogP contribution in [0.15, 0.2) is 0 Å². The molecule has 20 heavy (non-hydrogen) atoms. The fourth-order valence-electron chi connectivity index (χ4n) is 3.03. The Bertz CT molecular complexity index is 362. The van der Waals surface area contributed by atoms with Crippen molar-refractivity contribution in [3.05, 3.63) is 0 Å². The summed E-state index contributed by atoms with van der Waals surface area (Å²) in [4.78, 5) is 25.3. The molecule has 0 radical (unpaired) electrons. The third-order valence-corrected chi connectivity index (χ3v) is 4.37. The lowest BCUT2D eigenvalue weighted by Gasteiger charge is -2.31. The smallest absolute Gasteiger partial charge is 0.407 e. The lowest BCUT2D eigenvalue weighted by atomic mass is 9.90. The standard InChI is InChI=1S/C14H25N3O3/c1-10-4-3-6-15-12(10)8-13(18)17-7-5-11(9-17)16-14(19)20-2/h10-12,15H,3-9H2,1-2H3,(H,16,19). The Labute approximate surface area is 120 Å². The van der Waals surface area contributed by atoms with E-state index in [2.05, 4.69) is 22.3 Å². The summed E-state index contributed by atoms with van der Waals surface area (Å²) < 4.78 is 4.58. The number of carbonyl (C=O) groups excluding carboxylic acids is 2. The minimum atomic E-state index is -0.424. The fraction of sp³-hybridized carbons (Fsp3) is 0.857. The number of ether oxygens (including phenoxy) is 1. The third kappa shape index (κ3) is 3.85. The minimum absolute atomic E-state index is 0.0168. The molecule has 0 bridgehead atoms. The first-order chi connectivity index (χ1) is 9.60. The van der Waals surface area contributed by atoms with Crippen LogP contribution in [0, 0.1) is 5.92 Å². The highest BCUT2D eigenvalue weighted by atomic mass is 16.5. The van der Waals surface area contributed by atoms with E-state index in [-0.39, 0.29) is 11.9 Å². The van der Waals surface area contributed by atoms with Gasteiger partial charge in [0.2, 0.25) is 5.91 Å². The van der Waals surface area contributed by atoms with Crippen molar-refractivity contribution in [2.75, 3.05) is 26.7 Å². The van der Waals surface area contributed by atoms with Gasteiger partial charge in [-0.25, -0.2) is 4.79 Å². The van der Waals surface area contributed by atoms with Crippen LogP contribution in [0.2, 0.25) is 0 Å². The van der Waals surface area contributed by atoms with Crippen molar-refractivity contribution >= 4 is 12.0 Å². The van der Waals surface area contributed by atoms with Crippen molar-refractivity contribution in [2.45, 2.75) is 44.7 Å². The van der Waals surface area contributed by atoms with Crippen molar-refractivity contribution in [1.29, 1.82) is 0 Å². The van der Waals surface area contributed by atoms with E-state index in [0.717, 1.165) is 13.0 Å². The number of alkyl carbamates (subject to hydrolysis) is 1. The summed E-state index contributed by atoms with van der Waals surface area (Å²) in [6, 6.07) is 0.312. The van der Waals surface area contributed by atoms with Gasteiger partial charge in [-0.1, -0.05) is 6.92 Å². The van der Waals surface area contributed by atoms with E-state index in [1.807, 2.05) is 4.90 Å². The zero-order chi connectivity index (χ0) is 14.5. The van der Waals surface area contributed by atoms with Crippen molar-refractivity contribution in [3.63, 3.8) is 0 Å². The number of hydrogen-bond acceptors (Lipinski definition) is 4. The van der Waals surface area contributed by atoms with E-state index in [0.29, 0.717) is 31.5 Å². The molecule has 2 N–H and O–H groups in total. The van der Waals surface area contributed by atoms with Gasteiger partial charge in [0.25, 0.3) is 0 Å². The van der Waals surface area contributed by atoms with Crippen molar-refractivity contribution in [2.24, 2.45) is 5.92 Å². The summed E-state index contributed by atoms with van der Waals surface area (Å²) in [5.41, 5.74) is 0. The van der Waals surface area contributed by atoms with E-state index in [9.17, 15) is 9.59 Å². The lowest BCUT2D eigenvalue weighted by molar-refractivity contribution is -0.131. The Morgan fingerprint density at radius 2 is 2.20 bits per heavy atom. The third-order valence-electron chi connectivity index (χ3n) is 4.37. The van der Waals surface area contributed by atoms with Gasteiger partial charge >= 0.3 is 6.09 Å². The molecule has 0 aliphatic carbocycles. The molecule has 0 aromatic carbocycles. The minimum Gasteiger partial charge on any atom is -0.453 e. The summed E-state index contributed by atoms with van der Waals surface area (Å²) in [6.07, 6.45) is 3.32. The molecule has 0 spiro atoms. The van der Waals surface area contributed by atoms with Crippen LogP contribution in [-0.4, -0.2) is 55.7 Å². The molecule has 2 fully saturated rings. The lowest BCUT2D eigenvalue weighted by Crippen LogP contribution is -2.45. The topological polar surface area (TPSA) is 70.7 Å². The number of methoxy groups -OCH3 is 1. The molecule has 3 atom stereocenters. The normalized spacial score (nSPS) is 30.1. The van der Waals surface area contributed by atoms with Crippen LogP contribution >= 0.6 is 0 Å². The highest BCUT2D eigenvalue weighted by molar-refractivity contribution is 5.77. The maximum atomic E-state index is 12.3. The molecule has 2 saturated heterocycles. The summed E-state index contributed by atoms with van der Waals surface area (Å²) in [5, 5.41) is 6.19. The molecule has 2 aliphatic heterocycles. The first kappa shape index (κ1) is 15.1. The SMILES string of the molecule is COC(=O)NC1CCN(C(=O)CC2NCCCC2C)C1. The van der Waals surface area contributed by atoms with Gasteiger partial charge in [0.15, 0.2) is 0 Å². The van der Waals surface area contributed by atoms with Gasteiger partial charge in [0.05, 0.1) is 13.2 Å². The van der Waals surface area contributed by atoms with Crippen LogP contribution in [0.3, 0.4) is 0 Å². The highest BCUT2D eigenvalue weighted by Gasteiger charge is 2.30. The first-order valence-electron chi connectivity index (χ1n) is 7.45. The van der Waals surface area contributed by atoms with E-state index < -0.39 is 6.09 Å². The number of piperidine rings is 1. The van der Waals surface area contributed by atoms with Crippen LogP contribution in [0.5, 0.6) is 0 Å². The van der Waals surface area contributed by atoms with E-state index in [1.165, 1.54) is 20.0 Å². The van der Waals surface area contributed by atoms with Crippen LogP contribution in [0.25, 0.3) is 0 Å². The second kappa shape index (κ2) is 6.92. The molecule has 0 saturated carbocycles. The molecule has 2 heterocycles. The molecule has 2 amide bonds. The summed E-state index contributed by atoms with van der Waals surface area (Å²) in [6.45, 7) is 4.52. The number of nitrogens with one attached hydrogen (secondary N) is 2. The zero-order valence-electron chi connectivity index (χ0n) is 12.4. The predicted molar refractivity (Wildman–Crippen MR) is 75.3 cm³/mol. The Kier molecular flexibility index (Phi) is 5.23. The fourth-order valence-corrected chi connectivity index (χ4v) is 3.03. The highest BCUT2D eigenvalue weighted by Crippen LogP contribution is 2.20. The summed E-state index contributed by atoms with van der Waals surface area (Å²) in [5.74, 6) is 0.740. The maximum absolute atomic E-state index is 12.3. The second-order valence-corrected chi connectivity index (χ2v) is 5.85. The monoisotopic (exact) mass is 283 g/mol. The Morgan fingerprint density at radius 1 is 1.40 bits per heavy atom. The van der Waals surface area contributed by atoms with Crippen LogP contribution in [0.1, 0.15) is 32.6 Å². The van der Waals surface area contributed by atoms with Gasteiger partial charge in [-0.15, -0.1) is 0 Å². The molecule has 6 heteroatoms. The molecule has 0 aromatic rings. The molecule has 0 aromatic heterocycles. The van der Waals surface area contributed by atoms with E-state index >= 15 is 0 Å². The van der Waals surface area contributed by atoms with Crippen molar-refractivity contribution in [1.82, 2.24) is 15.5 Å². The van der Waals surface area contributed by atoms with Crippen LogP contribution < -0.4 is 10.6 Å². The molecule has 6 nitrogen and oxygen atoms in total. The number of likely N-dealkylation sites (tertiary alicyclic amines) is 1. The van der Waals surface area contributed by atoms with Gasteiger partial charge in [0.1, 0.15) is 0 Å². The predicted octanol–water partition coefficient (Wildman–Crippen LogP) is 0.721. The molecular formula is C14H25N3O3. The number of hydrogen-bond donors (Lipinski definition) is 2. The molecule has 3 unspecified atom stereocenters. The Hall–Kier alpha value is -1.30. The van der Waals surface area contributed by atoms with Gasteiger partial charge in [-0.2, -0.15) is 0 Å². The van der Waals surface area contributed by atoms with Crippen molar-refractivity contribution < 1.29 is 14.3 Å². The summed E-state index contributed by atoms with van der Waals surface area (Å²) in [7, 11) is 1.35. The van der Waals surface area contributed by atoms with Crippen LogP contribution in [-0.2, 0) is 9.53 Å². The largest absolute Gasteiger partial charge is 0.453 e. The van der Waals surface area contributed by atoms with Crippen LogP contribution in [0.4, 0.5) is 4.79 Å². The van der Waals surface area contributed by atoms with Gasteiger partial charge in [-0.3, -0.25) is 4.79 Å².